The highest BCUT2D eigenvalue weighted by Gasteiger charge is 2.14. The smallest absolute Gasteiger partial charge is 0.291 e. The molecule has 0 fully saturated rings. The maximum absolute atomic E-state index is 12.1. The average molecular weight is 243 g/mol. The van der Waals surface area contributed by atoms with Crippen LogP contribution in [0, 0.1) is 27.7 Å². The van der Waals surface area contributed by atoms with Gasteiger partial charge in [-0.05, 0) is 44.9 Å². The van der Waals surface area contributed by atoms with Gasteiger partial charge in [-0.2, -0.15) is 0 Å². The molecule has 0 spiro atoms. The molecule has 0 atom stereocenters. The predicted octanol–water partition coefficient (Wildman–Crippen LogP) is 3.77. The Labute approximate surface area is 107 Å². The second-order valence-corrected chi connectivity index (χ2v) is 4.66. The highest BCUT2D eigenvalue weighted by Crippen LogP contribution is 2.23. The Morgan fingerprint density at radius 1 is 1.06 bits per heavy atom. The molecule has 18 heavy (non-hydrogen) atoms. The summed E-state index contributed by atoms with van der Waals surface area (Å²) in [6.45, 7) is 7.88. The second kappa shape index (κ2) is 4.69. The number of anilines is 1. The molecule has 0 aliphatic rings. The third kappa shape index (κ3) is 2.30. The first-order valence-corrected chi connectivity index (χ1v) is 5.92. The van der Waals surface area contributed by atoms with Crippen LogP contribution in [0.25, 0.3) is 0 Å². The van der Waals surface area contributed by atoms with E-state index in [0.29, 0.717) is 5.76 Å². The Balaban J connectivity index is 2.31. The van der Waals surface area contributed by atoms with Crippen molar-refractivity contribution in [2.24, 2.45) is 0 Å². The van der Waals surface area contributed by atoms with Crippen molar-refractivity contribution in [2.75, 3.05) is 5.32 Å². The van der Waals surface area contributed by atoms with Crippen LogP contribution in [0.3, 0.4) is 0 Å². The molecule has 3 nitrogen and oxygen atoms in total. The molecule has 0 unspecified atom stereocenters. The maximum Gasteiger partial charge on any atom is 0.291 e. The summed E-state index contributed by atoms with van der Waals surface area (Å²) in [6.07, 6.45) is 1.53. The molecular formula is C15H17NO2. The highest BCUT2D eigenvalue weighted by molar-refractivity contribution is 6.04. The van der Waals surface area contributed by atoms with Crippen LogP contribution in [0.1, 0.15) is 32.8 Å². The van der Waals surface area contributed by atoms with Crippen LogP contribution in [0.5, 0.6) is 0 Å². The van der Waals surface area contributed by atoms with E-state index < -0.39 is 0 Å². The van der Waals surface area contributed by atoms with Crippen molar-refractivity contribution in [1.29, 1.82) is 0 Å². The fourth-order valence-electron chi connectivity index (χ4n) is 2.15. The van der Waals surface area contributed by atoms with Crippen LogP contribution in [0.15, 0.2) is 28.9 Å². The molecule has 0 saturated carbocycles. The number of hydrogen-bond donors (Lipinski definition) is 1. The number of amides is 1. The van der Waals surface area contributed by atoms with E-state index in [2.05, 4.69) is 17.4 Å². The van der Waals surface area contributed by atoms with Crippen LogP contribution >= 0.6 is 0 Å². The van der Waals surface area contributed by atoms with Crippen LogP contribution in [-0.2, 0) is 0 Å². The van der Waals surface area contributed by atoms with E-state index >= 15 is 0 Å². The number of benzene rings is 1. The van der Waals surface area contributed by atoms with Crippen molar-refractivity contribution < 1.29 is 9.21 Å². The topological polar surface area (TPSA) is 42.2 Å². The van der Waals surface area contributed by atoms with Gasteiger partial charge in [-0.1, -0.05) is 17.7 Å². The lowest BCUT2D eigenvalue weighted by Crippen LogP contribution is -2.14. The summed E-state index contributed by atoms with van der Waals surface area (Å²) in [5.74, 6) is 0.168. The summed E-state index contributed by atoms with van der Waals surface area (Å²) < 4.78 is 5.19. The van der Waals surface area contributed by atoms with Gasteiger partial charge in [0, 0.05) is 11.3 Å². The SMILES string of the molecule is Cc1cc(C)c(NC(=O)c2occc2C)c(C)c1. The first-order chi connectivity index (χ1) is 8.49. The number of carbonyl (C=O) groups is 1. The Bertz CT molecular complexity index is 573. The summed E-state index contributed by atoms with van der Waals surface area (Å²) in [7, 11) is 0. The van der Waals surface area contributed by atoms with Crippen molar-refractivity contribution in [3.05, 3.63) is 52.5 Å². The second-order valence-electron chi connectivity index (χ2n) is 4.66. The molecule has 2 rings (SSSR count). The van der Waals surface area contributed by atoms with Crippen molar-refractivity contribution in [3.8, 4) is 0 Å². The van der Waals surface area contributed by atoms with E-state index in [1.54, 1.807) is 6.07 Å². The Morgan fingerprint density at radius 2 is 1.67 bits per heavy atom. The van der Waals surface area contributed by atoms with Gasteiger partial charge in [0.2, 0.25) is 0 Å². The minimum Gasteiger partial charge on any atom is -0.459 e. The van der Waals surface area contributed by atoms with Crippen LogP contribution < -0.4 is 5.32 Å². The van der Waals surface area contributed by atoms with Crippen LogP contribution in [0.4, 0.5) is 5.69 Å². The molecule has 0 aliphatic carbocycles. The summed E-state index contributed by atoms with van der Waals surface area (Å²) in [6, 6.07) is 5.89. The van der Waals surface area contributed by atoms with E-state index in [4.69, 9.17) is 4.42 Å². The molecule has 1 aromatic heterocycles. The van der Waals surface area contributed by atoms with Gasteiger partial charge in [0.15, 0.2) is 5.76 Å². The van der Waals surface area contributed by atoms with Gasteiger partial charge in [-0.3, -0.25) is 4.79 Å². The third-order valence-corrected chi connectivity index (χ3v) is 2.98. The van der Waals surface area contributed by atoms with Crippen molar-refractivity contribution in [3.63, 3.8) is 0 Å². The minimum atomic E-state index is -0.201. The van der Waals surface area contributed by atoms with E-state index in [0.717, 1.165) is 22.4 Å². The van der Waals surface area contributed by atoms with E-state index in [9.17, 15) is 4.79 Å². The fraction of sp³-hybridized carbons (Fsp3) is 0.267. The summed E-state index contributed by atoms with van der Waals surface area (Å²) in [4.78, 5) is 12.1. The van der Waals surface area contributed by atoms with Gasteiger partial charge in [-0.25, -0.2) is 0 Å². The maximum atomic E-state index is 12.1. The van der Waals surface area contributed by atoms with Gasteiger partial charge >= 0.3 is 0 Å². The molecule has 94 valence electrons. The Kier molecular flexibility index (Phi) is 3.24. The molecule has 0 radical (unpaired) electrons. The molecule has 2 aromatic rings. The first kappa shape index (κ1) is 12.4. The Morgan fingerprint density at radius 3 is 2.17 bits per heavy atom. The summed E-state index contributed by atoms with van der Waals surface area (Å²) in [5.41, 5.74) is 5.02. The van der Waals surface area contributed by atoms with E-state index in [1.165, 1.54) is 11.8 Å². The Hall–Kier alpha value is -2.03. The molecule has 1 heterocycles. The lowest BCUT2D eigenvalue weighted by molar-refractivity contribution is 0.0995. The zero-order valence-corrected chi connectivity index (χ0v) is 11.1. The van der Waals surface area contributed by atoms with Gasteiger partial charge < -0.3 is 9.73 Å². The standard InChI is InChI=1S/C15H17NO2/c1-9-7-11(3)13(12(4)8-9)16-15(17)14-10(2)5-6-18-14/h5-8H,1-4H3,(H,16,17). The number of rotatable bonds is 2. The number of hydrogen-bond acceptors (Lipinski definition) is 2. The minimum absolute atomic E-state index is 0.201. The summed E-state index contributed by atoms with van der Waals surface area (Å²) in [5, 5.41) is 2.92. The highest BCUT2D eigenvalue weighted by atomic mass is 16.3. The zero-order chi connectivity index (χ0) is 13.3. The quantitative estimate of drug-likeness (QED) is 0.872. The number of nitrogens with one attached hydrogen (secondary N) is 1. The van der Waals surface area contributed by atoms with Gasteiger partial charge in [0.25, 0.3) is 5.91 Å². The largest absolute Gasteiger partial charge is 0.459 e. The van der Waals surface area contributed by atoms with Gasteiger partial charge in [0.05, 0.1) is 6.26 Å². The molecule has 0 aliphatic heterocycles. The third-order valence-electron chi connectivity index (χ3n) is 2.98. The summed E-state index contributed by atoms with van der Waals surface area (Å²) >= 11 is 0. The van der Waals surface area contributed by atoms with Crippen molar-refractivity contribution >= 4 is 11.6 Å². The molecular weight excluding hydrogens is 226 g/mol. The van der Waals surface area contributed by atoms with E-state index in [-0.39, 0.29) is 5.91 Å². The lowest BCUT2D eigenvalue weighted by Gasteiger charge is -2.12. The fourth-order valence-corrected chi connectivity index (χ4v) is 2.15. The van der Waals surface area contributed by atoms with E-state index in [1.807, 2.05) is 27.7 Å². The number of furan rings is 1. The zero-order valence-electron chi connectivity index (χ0n) is 11.1. The average Bonchev–Trinajstić information content (AvgIpc) is 2.69. The normalized spacial score (nSPS) is 10.4. The monoisotopic (exact) mass is 243 g/mol. The predicted molar refractivity (Wildman–Crippen MR) is 72.1 cm³/mol. The molecule has 0 saturated heterocycles. The number of aryl methyl sites for hydroxylation is 4. The van der Waals surface area contributed by atoms with Gasteiger partial charge in [-0.15, -0.1) is 0 Å². The lowest BCUT2D eigenvalue weighted by atomic mass is 10.0. The van der Waals surface area contributed by atoms with Crippen molar-refractivity contribution in [2.45, 2.75) is 27.7 Å². The number of carbonyl (C=O) groups excluding carboxylic acids is 1. The molecule has 1 amide bonds. The van der Waals surface area contributed by atoms with Crippen molar-refractivity contribution in [1.82, 2.24) is 0 Å². The first-order valence-electron chi connectivity index (χ1n) is 5.92. The van der Waals surface area contributed by atoms with Crippen LogP contribution in [-0.4, -0.2) is 5.91 Å². The molecule has 3 heteroatoms. The molecule has 1 aromatic carbocycles. The van der Waals surface area contributed by atoms with Crippen LogP contribution in [0.2, 0.25) is 0 Å². The van der Waals surface area contributed by atoms with Gasteiger partial charge in [0.1, 0.15) is 0 Å². The molecule has 0 bridgehead atoms. The molecule has 1 N–H and O–H groups in total.